The van der Waals surface area contributed by atoms with Gasteiger partial charge in [0.05, 0.1) is 0 Å². The molecule has 0 radical (unpaired) electrons. The van der Waals surface area contributed by atoms with Crippen molar-refractivity contribution < 1.29 is 9.59 Å². The van der Waals surface area contributed by atoms with Gasteiger partial charge in [0.25, 0.3) is 0 Å². The quantitative estimate of drug-likeness (QED) is 0.848. The number of amides is 1. The molecule has 3 rings (SSSR count). The number of anilines is 1. The number of piperidine rings is 1. The van der Waals surface area contributed by atoms with E-state index in [1.54, 1.807) is 6.92 Å². The first-order chi connectivity index (χ1) is 10.1. The Morgan fingerprint density at radius 2 is 1.95 bits per heavy atom. The highest BCUT2D eigenvalue weighted by Gasteiger charge is 2.30. The Morgan fingerprint density at radius 3 is 2.62 bits per heavy atom. The molecular formula is C17H22N2O2. The van der Waals surface area contributed by atoms with Crippen LogP contribution in [-0.2, 0) is 11.2 Å². The lowest BCUT2D eigenvalue weighted by Gasteiger charge is -2.22. The van der Waals surface area contributed by atoms with Crippen LogP contribution >= 0.6 is 0 Å². The van der Waals surface area contributed by atoms with Gasteiger partial charge < -0.3 is 10.2 Å². The molecule has 0 bridgehead atoms. The molecule has 0 aliphatic carbocycles. The Morgan fingerprint density at radius 1 is 1.24 bits per heavy atom. The molecule has 2 aliphatic rings. The van der Waals surface area contributed by atoms with Crippen LogP contribution in [0.2, 0.25) is 0 Å². The standard InChI is InChI=1S/C17H22N2O2/c1-11-9-15-10-14(3-4-16(15)19(11)12(2)20)17(21)13-5-7-18-8-6-13/h3-4,10-11,13,18H,5-9H2,1-2H3. The minimum absolute atomic E-state index is 0.0682. The molecule has 1 fully saturated rings. The molecule has 4 heteroatoms. The van der Waals surface area contributed by atoms with E-state index in [4.69, 9.17) is 0 Å². The lowest BCUT2D eigenvalue weighted by molar-refractivity contribution is -0.116. The maximum Gasteiger partial charge on any atom is 0.224 e. The second kappa shape index (κ2) is 5.60. The lowest BCUT2D eigenvalue weighted by atomic mass is 9.89. The normalized spacial score (nSPS) is 22.2. The number of benzene rings is 1. The molecule has 0 aromatic heterocycles. The Hall–Kier alpha value is -1.68. The minimum Gasteiger partial charge on any atom is -0.317 e. The third kappa shape index (κ3) is 2.60. The average Bonchev–Trinajstić information content (AvgIpc) is 2.82. The van der Waals surface area contributed by atoms with Gasteiger partial charge in [0.15, 0.2) is 5.78 Å². The van der Waals surface area contributed by atoms with Gasteiger partial charge in [-0.15, -0.1) is 0 Å². The largest absolute Gasteiger partial charge is 0.317 e. The summed E-state index contributed by atoms with van der Waals surface area (Å²) in [5.74, 6) is 0.471. The first-order valence-corrected chi connectivity index (χ1v) is 7.75. The van der Waals surface area contributed by atoms with Crippen molar-refractivity contribution in [1.29, 1.82) is 0 Å². The summed E-state index contributed by atoms with van der Waals surface area (Å²) in [5, 5.41) is 3.29. The van der Waals surface area contributed by atoms with E-state index in [9.17, 15) is 9.59 Å². The van der Waals surface area contributed by atoms with E-state index in [1.807, 2.05) is 23.1 Å². The van der Waals surface area contributed by atoms with Crippen LogP contribution in [0.3, 0.4) is 0 Å². The highest BCUT2D eigenvalue weighted by atomic mass is 16.2. The highest BCUT2D eigenvalue weighted by Crippen LogP contribution is 2.33. The number of fused-ring (bicyclic) bond motifs is 1. The molecular weight excluding hydrogens is 264 g/mol. The van der Waals surface area contributed by atoms with E-state index in [0.717, 1.165) is 49.2 Å². The molecule has 0 saturated carbocycles. The number of ketones is 1. The number of carbonyl (C=O) groups excluding carboxylic acids is 2. The average molecular weight is 286 g/mol. The van der Waals surface area contributed by atoms with Crippen molar-refractivity contribution in [2.24, 2.45) is 5.92 Å². The molecule has 2 heterocycles. The van der Waals surface area contributed by atoms with Gasteiger partial charge in [-0.2, -0.15) is 0 Å². The predicted molar refractivity (Wildman–Crippen MR) is 82.7 cm³/mol. The summed E-state index contributed by atoms with van der Waals surface area (Å²) in [6.45, 7) is 5.50. The van der Waals surface area contributed by atoms with Gasteiger partial charge in [-0.25, -0.2) is 0 Å². The van der Waals surface area contributed by atoms with Gasteiger partial charge in [0.2, 0.25) is 5.91 Å². The van der Waals surface area contributed by atoms with E-state index >= 15 is 0 Å². The van der Waals surface area contributed by atoms with Gasteiger partial charge >= 0.3 is 0 Å². The number of Topliss-reactive ketones (excluding diaryl/α,β-unsaturated/α-hetero) is 1. The zero-order valence-electron chi connectivity index (χ0n) is 12.7. The summed E-state index contributed by atoms with van der Waals surface area (Å²) in [6.07, 6.45) is 2.68. The van der Waals surface area contributed by atoms with Crippen molar-refractivity contribution in [3.8, 4) is 0 Å². The second-order valence-corrected chi connectivity index (χ2v) is 6.17. The van der Waals surface area contributed by atoms with Crippen LogP contribution in [0, 0.1) is 5.92 Å². The molecule has 1 saturated heterocycles. The Balaban J connectivity index is 1.85. The number of carbonyl (C=O) groups is 2. The molecule has 2 aliphatic heterocycles. The lowest BCUT2D eigenvalue weighted by Crippen LogP contribution is -2.33. The molecule has 4 nitrogen and oxygen atoms in total. The summed E-state index contributed by atoms with van der Waals surface area (Å²) in [5.41, 5.74) is 2.90. The minimum atomic E-state index is 0.0682. The second-order valence-electron chi connectivity index (χ2n) is 6.17. The number of hydrogen-bond donors (Lipinski definition) is 1. The molecule has 0 spiro atoms. The van der Waals surface area contributed by atoms with Crippen LogP contribution in [0.5, 0.6) is 0 Å². The van der Waals surface area contributed by atoms with E-state index in [-0.39, 0.29) is 23.7 Å². The number of rotatable bonds is 2. The van der Waals surface area contributed by atoms with Crippen molar-refractivity contribution in [1.82, 2.24) is 5.32 Å². The summed E-state index contributed by atoms with van der Waals surface area (Å²) in [4.78, 5) is 26.2. The van der Waals surface area contributed by atoms with E-state index in [0.29, 0.717) is 0 Å². The summed E-state index contributed by atoms with van der Waals surface area (Å²) in [7, 11) is 0. The van der Waals surface area contributed by atoms with E-state index < -0.39 is 0 Å². The zero-order valence-corrected chi connectivity index (χ0v) is 12.7. The predicted octanol–water partition coefficient (Wildman–Crippen LogP) is 2.17. The number of nitrogens with zero attached hydrogens (tertiary/aromatic N) is 1. The fraction of sp³-hybridized carbons (Fsp3) is 0.529. The molecule has 1 unspecified atom stereocenters. The molecule has 112 valence electrons. The Kier molecular flexibility index (Phi) is 3.81. The highest BCUT2D eigenvalue weighted by molar-refractivity contribution is 6.00. The van der Waals surface area contributed by atoms with Crippen molar-refractivity contribution in [3.05, 3.63) is 29.3 Å². The van der Waals surface area contributed by atoms with Crippen LogP contribution < -0.4 is 10.2 Å². The number of nitrogens with one attached hydrogen (secondary N) is 1. The molecule has 21 heavy (non-hydrogen) atoms. The third-order valence-electron chi connectivity index (χ3n) is 4.63. The molecule has 1 atom stereocenters. The van der Waals surface area contributed by atoms with Crippen LogP contribution in [0.15, 0.2) is 18.2 Å². The van der Waals surface area contributed by atoms with Gasteiger partial charge in [-0.3, -0.25) is 9.59 Å². The Bertz CT molecular complexity index is 576. The maximum absolute atomic E-state index is 12.6. The fourth-order valence-corrected chi connectivity index (χ4v) is 3.58. The van der Waals surface area contributed by atoms with Gasteiger partial charge in [0, 0.05) is 30.1 Å². The van der Waals surface area contributed by atoms with Crippen molar-refractivity contribution in [2.45, 2.75) is 39.2 Å². The summed E-state index contributed by atoms with van der Waals surface area (Å²) >= 11 is 0. The third-order valence-corrected chi connectivity index (χ3v) is 4.63. The summed E-state index contributed by atoms with van der Waals surface area (Å²) in [6, 6.07) is 6.01. The van der Waals surface area contributed by atoms with Gasteiger partial charge in [-0.05, 0) is 63.0 Å². The molecule has 1 aromatic carbocycles. The van der Waals surface area contributed by atoms with Crippen molar-refractivity contribution >= 4 is 17.4 Å². The van der Waals surface area contributed by atoms with Crippen LogP contribution in [0.25, 0.3) is 0 Å². The molecule has 1 amide bonds. The first-order valence-electron chi connectivity index (χ1n) is 7.75. The monoisotopic (exact) mass is 286 g/mol. The Labute approximate surface area is 125 Å². The van der Waals surface area contributed by atoms with E-state index in [1.165, 1.54) is 0 Å². The zero-order chi connectivity index (χ0) is 15.0. The van der Waals surface area contributed by atoms with Crippen molar-refractivity contribution in [2.75, 3.05) is 18.0 Å². The van der Waals surface area contributed by atoms with Crippen LogP contribution in [-0.4, -0.2) is 30.8 Å². The smallest absolute Gasteiger partial charge is 0.224 e. The summed E-state index contributed by atoms with van der Waals surface area (Å²) < 4.78 is 0. The molecule has 1 N–H and O–H groups in total. The molecule has 1 aromatic rings. The van der Waals surface area contributed by atoms with Gasteiger partial charge in [0.1, 0.15) is 0 Å². The number of hydrogen-bond acceptors (Lipinski definition) is 3. The van der Waals surface area contributed by atoms with Crippen LogP contribution in [0.1, 0.15) is 42.6 Å². The van der Waals surface area contributed by atoms with Gasteiger partial charge in [-0.1, -0.05) is 0 Å². The first kappa shape index (κ1) is 14.3. The fourth-order valence-electron chi connectivity index (χ4n) is 3.58. The topological polar surface area (TPSA) is 49.4 Å². The SMILES string of the molecule is CC(=O)N1c2ccc(C(=O)C3CCNCC3)cc2CC1C. The maximum atomic E-state index is 12.6. The van der Waals surface area contributed by atoms with Crippen molar-refractivity contribution in [3.63, 3.8) is 0 Å². The van der Waals surface area contributed by atoms with E-state index in [2.05, 4.69) is 12.2 Å². The van der Waals surface area contributed by atoms with Crippen LogP contribution in [0.4, 0.5) is 5.69 Å².